The molecule has 23 heavy (non-hydrogen) atoms. The maximum absolute atomic E-state index is 12.5. The Hall–Kier alpha value is -3.02. The number of amides is 1. The van der Waals surface area contributed by atoms with Crippen LogP contribution in [0.25, 0.3) is 11.5 Å². The first-order valence-electron chi connectivity index (χ1n) is 7.19. The lowest BCUT2D eigenvalue weighted by Gasteiger charge is -2.07. The van der Waals surface area contributed by atoms with E-state index in [4.69, 9.17) is 9.15 Å². The van der Waals surface area contributed by atoms with Gasteiger partial charge in [0.25, 0.3) is 5.91 Å². The van der Waals surface area contributed by atoms with Gasteiger partial charge in [0.15, 0.2) is 5.76 Å². The van der Waals surface area contributed by atoms with E-state index in [1.807, 2.05) is 31.2 Å². The van der Waals surface area contributed by atoms with E-state index in [1.165, 1.54) is 0 Å². The quantitative estimate of drug-likeness (QED) is 0.759. The molecule has 3 aromatic rings. The molecule has 3 rings (SSSR count). The lowest BCUT2D eigenvalue weighted by molar-refractivity contribution is 0.0951. The molecular weight excluding hydrogens is 294 g/mol. The molecule has 0 saturated heterocycles. The maximum atomic E-state index is 12.5. The van der Waals surface area contributed by atoms with E-state index in [0.29, 0.717) is 29.3 Å². The topological polar surface area (TPSA) is 80.2 Å². The van der Waals surface area contributed by atoms with Gasteiger partial charge < -0.3 is 14.5 Å². The number of aryl methyl sites for hydroxylation is 1. The van der Waals surface area contributed by atoms with Crippen LogP contribution in [0.3, 0.4) is 0 Å². The van der Waals surface area contributed by atoms with Gasteiger partial charge in [-0.05, 0) is 36.8 Å². The molecule has 1 amide bonds. The van der Waals surface area contributed by atoms with Gasteiger partial charge in [-0.1, -0.05) is 12.1 Å². The van der Waals surface area contributed by atoms with Gasteiger partial charge >= 0.3 is 0 Å². The fourth-order valence-electron chi connectivity index (χ4n) is 2.31. The molecule has 0 bridgehead atoms. The number of ether oxygens (including phenoxy) is 1. The van der Waals surface area contributed by atoms with Crippen molar-refractivity contribution < 1.29 is 13.9 Å². The highest BCUT2D eigenvalue weighted by molar-refractivity contribution is 6.00. The van der Waals surface area contributed by atoms with E-state index in [1.54, 1.807) is 25.5 Å². The number of carbonyl (C=O) groups excluding carboxylic acids is 1. The van der Waals surface area contributed by atoms with Gasteiger partial charge in [-0.25, -0.2) is 0 Å². The van der Waals surface area contributed by atoms with Crippen LogP contribution in [0.1, 0.15) is 21.6 Å². The number of nitrogens with zero attached hydrogens (tertiary/aromatic N) is 1. The molecular formula is C17H17N3O3. The standard InChI is InChI=1S/C17H17N3O3/c1-11-15(16(20-19-11)14-4-3-9-23-14)17(21)18-10-12-5-7-13(22-2)8-6-12/h3-9H,10H2,1-2H3,(H,18,21)(H,19,20). The smallest absolute Gasteiger partial charge is 0.255 e. The summed E-state index contributed by atoms with van der Waals surface area (Å²) in [5.74, 6) is 1.15. The third-order valence-corrected chi connectivity index (χ3v) is 3.54. The van der Waals surface area contributed by atoms with Crippen molar-refractivity contribution in [3.05, 3.63) is 59.5 Å². The lowest BCUT2D eigenvalue weighted by Crippen LogP contribution is -2.23. The van der Waals surface area contributed by atoms with Crippen LogP contribution < -0.4 is 10.1 Å². The monoisotopic (exact) mass is 311 g/mol. The number of hydrogen-bond donors (Lipinski definition) is 2. The number of carbonyl (C=O) groups is 1. The average Bonchev–Trinajstić information content (AvgIpc) is 3.22. The molecule has 2 heterocycles. The summed E-state index contributed by atoms with van der Waals surface area (Å²) in [5, 5.41) is 9.89. The average molecular weight is 311 g/mol. The Labute approximate surface area is 133 Å². The highest BCUT2D eigenvalue weighted by atomic mass is 16.5. The lowest BCUT2D eigenvalue weighted by atomic mass is 10.1. The summed E-state index contributed by atoms with van der Waals surface area (Å²) < 4.78 is 10.5. The van der Waals surface area contributed by atoms with E-state index in [0.717, 1.165) is 11.3 Å². The van der Waals surface area contributed by atoms with Gasteiger partial charge in [0.2, 0.25) is 0 Å². The Morgan fingerprint density at radius 3 is 2.74 bits per heavy atom. The summed E-state index contributed by atoms with van der Waals surface area (Å²) >= 11 is 0. The zero-order valence-corrected chi connectivity index (χ0v) is 12.9. The molecule has 0 atom stereocenters. The Morgan fingerprint density at radius 2 is 2.09 bits per heavy atom. The van der Waals surface area contributed by atoms with Crippen molar-refractivity contribution in [1.82, 2.24) is 15.5 Å². The van der Waals surface area contributed by atoms with Crippen LogP contribution in [0.2, 0.25) is 0 Å². The number of benzene rings is 1. The van der Waals surface area contributed by atoms with Crippen molar-refractivity contribution in [1.29, 1.82) is 0 Å². The number of aromatic amines is 1. The van der Waals surface area contributed by atoms with E-state index >= 15 is 0 Å². The highest BCUT2D eigenvalue weighted by Gasteiger charge is 2.20. The third-order valence-electron chi connectivity index (χ3n) is 3.54. The molecule has 0 aliphatic heterocycles. The second kappa shape index (κ2) is 6.39. The number of nitrogens with one attached hydrogen (secondary N) is 2. The molecule has 6 heteroatoms. The van der Waals surface area contributed by atoms with Crippen LogP contribution in [0.5, 0.6) is 5.75 Å². The normalized spacial score (nSPS) is 10.5. The zero-order valence-electron chi connectivity index (χ0n) is 12.9. The predicted molar refractivity (Wildman–Crippen MR) is 85.2 cm³/mol. The molecule has 0 aliphatic rings. The van der Waals surface area contributed by atoms with E-state index in [-0.39, 0.29) is 5.91 Å². The number of furan rings is 1. The van der Waals surface area contributed by atoms with Crippen molar-refractivity contribution in [3.8, 4) is 17.2 Å². The van der Waals surface area contributed by atoms with Crippen LogP contribution in [0.4, 0.5) is 0 Å². The molecule has 0 saturated carbocycles. The van der Waals surface area contributed by atoms with Crippen LogP contribution in [0, 0.1) is 6.92 Å². The summed E-state index contributed by atoms with van der Waals surface area (Å²) in [5.41, 5.74) is 2.69. The summed E-state index contributed by atoms with van der Waals surface area (Å²) in [6.07, 6.45) is 1.55. The molecule has 2 N–H and O–H groups in total. The molecule has 1 aromatic carbocycles. The Kier molecular flexibility index (Phi) is 4.14. The van der Waals surface area contributed by atoms with Crippen molar-refractivity contribution >= 4 is 5.91 Å². The van der Waals surface area contributed by atoms with Crippen molar-refractivity contribution in [2.24, 2.45) is 0 Å². The van der Waals surface area contributed by atoms with Crippen LogP contribution in [-0.4, -0.2) is 23.2 Å². The fraction of sp³-hybridized carbons (Fsp3) is 0.176. The zero-order chi connectivity index (χ0) is 16.2. The number of aromatic nitrogens is 2. The largest absolute Gasteiger partial charge is 0.497 e. The molecule has 0 spiro atoms. The van der Waals surface area contributed by atoms with E-state index in [9.17, 15) is 4.79 Å². The van der Waals surface area contributed by atoms with Gasteiger partial charge in [-0.3, -0.25) is 9.89 Å². The maximum Gasteiger partial charge on any atom is 0.255 e. The van der Waals surface area contributed by atoms with Crippen LogP contribution in [-0.2, 0) is 6.54 Å². The number of hydrogen-bond acceptors (Lipinski definition) is 4. The predicted octanol–water partition coefficient (Wildman–Crippen LogP) is 2.92. The Balaban J connectivity index is 1.74. The van der Waals surface area contributed by atoms with E-state index in [2.05, 4.69) is 15.5 Å². The van der Waals surface area contributed by atoms with E-state index < -0.39 is 0 Å². The van der Waals surface area contributed by atoms with Crippen molar-refractivity contribution in [2.45, 2.75) is 13.5 Å². The Bertz CT molecular complexity index is 789. The molecule has 0 unspecified atom stereocenters. The minimum absolute atomic E-state index is 0.196. The van der Waals surface area contributed by atoms with Gasteiger partial charge in [0.05, 0.1) is 18.9 Å². The molecule has 6 nitrogen and oxygen atoms in total. The molecule has 0 fully saturated rings. The third kappa shape index (κ3) is 3.11. The summed E-state index contributed by atoms with van der Waals surface area (Å²) in [7, 11) is 1.62. The first-order valence-corrected chi connectivity index (χ1v) is 7.19. The first kappa shape index (κ1) is 14.9. The van der Waals surface area contributed by atoms with Crippen LogP contribution in [0.15, 0.2) is 47.1 Å². The molecule has 2 aromatic heterocycles. The minimum atomic E-state index is -0.196. The second-order valence-corrected chi connectivity index (χ2v) is 5.08. The van der Waals surface area contributed by atoms with Gasteiger partial charge in [0, 0.05) is 12.2 Å². The first-order chi connectivity index (χ1) is 11.2. The van der Waals surface area contributed by atoms with Crippen molar-refractivity contribution in [3.63, 3.8) is 0 Å². The van der Waals surface area contributed by atoms with Gasteiger partial charge in [-0.2, -0.15) is 5.10 Å². The minimum Gasteiger partial charge on any atom is -0.497 e. The molecule has 118 valence electrons. The van der Waals surface area contributed by atoms with Gasteiger partial charge in [0.1, 0.15) is 11.4 Å². The molecule has 0 radical (unpaired) electrons. The summed E-state index contributed by atoms with van der Waals surface area (Å²) in [6.45, 7) is 2.23. The number of methoxy groups -OCH3 is 1. The summed E-state index contributed by atoms with van der Waals surface area (Å²) in [6, 6.07) is 11.1. The molecule has 0 aliphatic carbocycles. The van der Waals surface area contributed by atoms with Gasteiger partial charge in [-0.15, -0.1) is 0 Å². The highest BCUT2D eigenvalue weighted by Crippen LogP contribution is 2.24. The van der Waals surface area contributed by atoms with Crippen molar-refractivity contribution in [2.75, 3.05) is 7.11 Å². The number of H-pyrrole nitrogens is 1. The van der Waals surface area contributed by atoms with Crippen LogP contribution >= 0.6 is 0 Å². The SMILES string of the molecule is COc1ccc(CNC(=O)c2c(-c3ccco3)n[nH]c2C)cc1. The summed E-state index contributed by atoms with van der Waals surface area (Å²) in [4.78, 5) is 12.5. The second-order valence-electron chi connectivity index (χ2n) is 5.08. The fourth-order valence-corrected chi connectivity index (χ4v) is 2.31. The number of rotatable bonds is 5. The Morgan fingerprint density at radius 1 is 1.30 bits per heavy atom.